The third-order valence-corrected chi connectivity index (χ3v) is 4.31. The van der Waals surface area contributed by atoms with Crippen LogP contribution in [0.2, 0.25) is 0 Å². The molecule has 0 saturated heterocycles. The number of nitrogens with zero attached hydrogens (tertiary/aromatic N) is 3. The number of nitrogens with one attached hydrogen (secondary N) is 1. The van der Waals surface area contributed by atoms with Crippen molar-refractivity contribution in [2.24, 2.45) is 0 Å². The first-order valence-electron chi connectivity index (χ1n) is 8.88. The number of hydrogen-bond acceptors (Lipinski definition) is 4. The quantitative estimate of drug-likeness (QED) is 0.387. The number of rotatable bonds is 8. The third-order valence-electron chi connectivity index (χ3n) is 3.19. The summed E-state index contributed by atoms with van der Waals surface area (Å²) in [6.07, 6.45) is 4.36. The van der Waals surface area contributed by atoms with Crippen LogP contribution >= 0.6 is 23.4 Å². The number of halogens is 1. The van der Waals surface area contributed by atoms with E-state index in [-0.39, 0.29) is 11.2 Å². The predicted octanol–water partition coefficient (Wildman–Crippen LogP) is 4.45. The Kier molecular flexibility index (Phi) is 11.8. The van der Waals surface area contributed by atoms with Crippen molar-refractivity contribution in [1.82, 2.24) is 14.9 Å². The molecule has 0 aliphatic heterocycles. The van der Waals surface area contributed by atoms with E-state index < -0.39 is 0 Å². The maximum absolute atomic E-state index is 12.4. The van der Waals surface area contributed by atoms with Crippen LogP contribution in [0.5, 0.6) is 0 Å². The molecular weight excluding hydrogens is 384 g/mol. The van der Waals surface area contributed by atoms with Gasteiger partial charge in [0.1, 0.15) is 0 Å². The van der Waals surface area contributed by atoms with E-state index in [9.17, 15) is 9.59 Å². The van der Waals surface area contributed by atoms with Crippen molar-refractivity contribution < 1.29 is 9.59 Å². The fourth-order valence-corrected chi connectivity index (χ4v) is 2.97. The summed E-state index contributed by atoms with van der Waals surface area (Å²) >= 11 is 7.42. The third kappa shape index (κ3) is 7.81. The average molecular weight is 415 g/mol. The first-order valence-corrected chi connectivity index (χ1v) is 10.1. The topological polar surface area (TPSA) is 67.2 Å². The van der Waals surface area contributed by atoms with Gasteiger partial charge >= 0.3 is 0 Å². The zero-order valence-electron chi connectivity index (χ0n) is 17.5. The van der Waals surface area contributed by atoms with Crippen molar-refractivity contribution in [2.75, 3.05) is 19.0 Å². The lowest BCUT2D eigenvalue weighted by molar-refractivity contribution is -0.107. The number of imidazole rings is 1. The summed E-state index contributed by atoms with van der Waals surface area (Å²) in [7, 11) is 3.14. The lowest BCUT2D eigenvalue weighted by Gasteiger charge is -2.14. The summed E-state index contributed by atoms with van der Waals surface area (Å²) in [4.78, 5) is 29.5. The Morgan fingerprint density at radius 3 is 2.37 bits per heavy atom. The largest absolute Gasteiger partial charge is 0.354 e. The Bertz CT molecular complexity index is 692. The summed E-state index contributed by atoms with van der Waals surface area (Å²) in [6, 6.07) is 0. The summed E-state index contributed by atoms with van der Waals surface area (Å²) < 4.78 is 1.84. The standard InChI is InChI=1S/C17H25ClN4O2S.C2H6/c1-11(2)25-17-20-15(21(6)10-23)14(16(24)19-5)22(17)9-12(3)7-8-13(4)18;1-2/h7-8,10-11H,9H2,1-6H3,(H,19,24);1-2H3/b12-7+,13-8+;. The van der Waals surface area contributed by atoms with Crippen molar-refractivity contribution in [3.05, 3.63) is 28.5 Å². The predicted molar refractivity (Wildman–Crippen MR) is 116 cm³/mol. The molecule has 27 heavy (non-hydrogen) atoms. The minimum absolute atomic E-state index is 0.280. The molecule has 0 atom stereocenters. The summed E-state index contributed by atoms with van der Waals surface area (Å²) in [5, 5.41) is 4.27. The average Bonchev–Trinajstić information content (AvgIpc) is 2.97. The van der Waals surface area contributed by atoms with Gasteiger partial charge in [-0.3, -0.25) is 9.59 Å². The van der Waals surface area contributed by atoms with E-state index in [0.717, 1.165) is 5.57 Å². The van der Waals surface area contributed by atoms with Gasteiger partial charge in [-0.2, -0.15) is 0 Å². The maximum Gasteiger partial charge on any atom is 0.271 e. The molecule has 0 saturated carbocycles. The molecule has 8 heteroatoms. The molecule has 0 aliphatic rings. The molecule has 0 fully saturated rings. The van der Waals surface area contributed by atoms with Crippen LogP contribution in [0.15, 0.2) is 27.9 Å². The van der Waals surface area contributed by atoms with Crippen molar-refractivity contribution in [1.29, 1.82) is 0 Å². The second-order valence-corrected chi connectivity index (χ2v) is 8.02. The fourth-order valence-electron chi connectivity index (χ4n) is 2.07. The number of carbonyl (C=O) groups excluding carboxylic acids is 2. The van der Waals surface area contributed by atoms with E-state index in [0.29, 0.717) is 34.7 Å². The van der Waals surface area contributed by atoms with Crippen molar-refractivity contribution in [2.45, 2.75) is 58.5 Å². The number of anilines is 1. The van der Waals surface area contributed by atoms with Gasteiger partial charge in [0.15, 0.2) is 16.7 Å². The van der Waals surface area contributed by atoms with Gasteiger partial charge in [0.2, 0.25) is 6.41 Å². The highest BCUT2D eigenvalue weighted by atomic mass is 35.5. The van der Waals surface area contributed by atoms with Gasteiger partial charge in [-0.1, -0.05) is 62.7 Å². The van der Waals surface area contributed by atoms with Gasteiger partial charge < -0.3 is 14.8 Å². The van der Waals surface area contributed by atoms with Crippen LogP contribution in [0.1, 0.15) is 52.0 Å². The van der Waals surface area contributed by atoms with Gasteiger partial charge in [-0.05, 0) is 19.9 Å². The Balaban J connectivity index is 0.00000326. The van der Waals surface area contributed by atoms with Crippen molar-refractivity contribution in [3.8, 4) is 0 Å². The van der Waals surface area contributed by atoms with Gasteiger partial charge in [0, 0.05) is 30.9 Å². The van der Waals surface area contributed by atoms with Crippen LogP contribution in [-0.2, 0) is 11.3 Å². The minimum Gasteiger partial charge on any atom is -0.354 e. The van der Waals surface area contributed by atoms with Crippen molar-refractivity contribution >= 4 is 41.5 Å². The molecular formula is C19H31ClN4O2S. The highest BCUT2D eigenvalue weighted by molar-refractivity contribution is 7.99. The van der Waals surface area contributed by atoms with E-state index in [4.69, 9.17) is 11.6 Å². The van der Waals surface area contributed by atoms with Crippen LogP contribution in [0.4, 0.5) is 5.82 Å². The van der Waals surface area contributed by atoms with Gasteiger partial charge in [-0.25, -0.2) is 4.98 Å². The zero-order chi connectivity index (χ0) is 21.1. The van der Waals surface area contributed by atoms with Gasteiger partial charge in [0.05, 0.1) is 0 Å². The number of thioether (sulfide) groups is 1. The Hall–Kier alpha value is -1.73. The minimum atomic E-state index is -0.288. The van der Waals surface area contributed by atoms with Gasteiger partial charge in [0.25, 0.3) is 5.91 Å². The lowest BCUT2D eigenvalue weighted by Crippen LogP contribution is -2.26. The number of aromatic nitrogens is 2. The first-order chi connectivity index (χ1) is 12.7. The van der Waals surface area contributed by atoms with Crippen LogP contribution in [0.25, 0.3) is 0 Å². The van der Waals surface area contributed by atoms with Crippen LogP contribution in [-0.4, -0.2) is 41.2 Å². The van der Waals surface area contributed by atoms with E-state index >= 15 is 0 Å². The number of amides is 2. The van der Waals surface area contributed by atoms with Crippen LogP contribution < -0.4 is 10.2 Å². The molecule has 1 rings (SSSR count). The molecule has 1 N–H and O–H groups in total. The van der Waals surface area contributed by atoms with E-state index in [1.165, 1.54) is 4.90 Å². The maximum atomic E-state index is 12.4. The van der Waals surface area contributed by atoms with Crippen molar-refractivity contribution in [3.63, 3.8) is 0 Å². The Morgan fingerprint density at radius 1 is 1.33 bits per heavy atom. The van der Waals surface area contributed by atoms with E-state index in [1.807, 2.05) is 31.4 Å². The normalized spacial score (nSPS) is 11.8. The smallest absolute Gasteiger partial charge is 0.271 e. The molecule has 2 amide bonds. The van der Waals surface area contributed by atoms with E-state index in [2.05, 4.69) is 24.1 Å². The molecule has 0 aliphatic carbocycles. The number of carbonyl (C=O) groups is 2. The molecule has 0 radical (unpaired) electrons. The SMILES string of the molecule is CC.CNC(=O)c1c(N(C)C=O)nc(SC(C)C)n1C/C(C)=C/C=C(\C)Cl. The van der Waals surface area contributed by atoms with Crippen LogP contribution in [0.3, 0.4) is 0 Å². The summed E-state index contributed by atoms with van der Waals surface area (Å²) in [5.41, 5.74) is 1.37. The van der Waals surface area contributed by atoms with Crippen LogP contribution in [0, 0.1) is 0 Å². The number of allylic oxidation sites excluding steroid dienone is 4. The molecule has 0 bridgehead atoms. The molecule has 1 aromatic rings. The molecule has 1 aromatic heterocycles. The second kappa shape index (κ2) is 12.6. The monoisotopic (exact) mass is 414 g/mol. The summed E-state index contributed by atoms with van der Waals surface area (Å²) in [6.45, 7) is 12.3. The highest BCUT2D eigenvalue weighted by Gasteiger charge is 2.25. The molecule has 0 spiro atoms. The lowest BCUT2D eigenvalue weighted by atomic mass is 10.2. The molecule has 152 valence electrons. The number of hydrogen-bond donors (Lipinski definition) is 1. The summed E-state index contributed by atoms with van der Waals surface area (Å²) in [5.74, 6) is 0.0537. The molecule has 0 unspecified atom stereocenters. The molecule has 1 heterocycles. The Labute approximate surface area is 172 Å². The Morgan fingerprint density at radius 2 is 1.93 bits per heavy atom. The molecule has 6 nitrogen and oxygen atoms in total. The fraction of sp³-hybridized carbons (Fsp3) is 0.526. The van der Waals surface area contributed by atoms with E-state index in [1.54, 1.807) is 38.9 Å². The highest BCUT2D eigenvalue weighted by Crippen LogP contribution is 2.30. The first kappa shape index (κ1) is 25.3. The second-order valence-electron chi connectivity index (χ2n) is 5.88. The van der Waals surface area contributed by atoms with Gasteiger partial charge in [-0.15, -0.1) is 0 Å². The zero-order valence-corrected chi connectivity index (χ0v) is 19.0. The molecule has 0 aromatic carbocycles.